The van der Waals surface area contributed by atoms with Crippen LogP contribution in [0.15, 0.2) is 24.3 Å². The van der Waals surface area contributed by atoms with Crippen LogP contribution in [0.4, 0.5) is 13.2 Å². The Hall–Kier alpha value is -1.32. The van der Waals surface area contributed by atoms with Gasteiger partial charge in [0.05, 0.1) is 0 Å². The highest BCUT2D eigenvalue weighted by atomic mass is 19.4. The Balaban J connectivity index is 2.40. The average Bonchev–Trinajstić information content (AvgIpc) is 2.44. The molecule has 0 radical (unpaired) electrons. The molecular weight excluding hydrogens is 193 g/mol. The lowest BCUT2D eigenvalue weighted by Crippen LogP contribution is -2.27. The van der Waals surface area contributed by atoms with Crippen molar-refractivity contribution in [1.82, 2.24) is 0 Å². The van der Waals surface area contributed by atoms with E-state index in [9.17, 15) is 18.0 Å². The van der Waals surface area contributed by atoms with Crippen molar-refractivity contribution in [2.24, 2.45) is 5.92 Å². The molecule has 0 spiro atoms. The summed E-state index contributed by atoms with van der Waals surface area (Å²) >= 11 is 0. The van der Waals surface area contributed by atoms with Crippen molar-refractivity contribution in [2.45, 2.75) is 12.6 Å². The number of halogens is 3. The third kappa shape index (κ3) is 1.31. The van der Waals surface area contributed by atoms with E-state index in [4.69, 9.17) is 0 Å². The fourth-order valence-corrected chi connectivity index (χ4v) is 1.70. The largest absolute Gasteiger partial charge is 0.399 e. The van der Waals surface area contributed by atoms with Crippen LogP contribution in [0.1, 0.15) is 15.9 Å². The van der Waals surface area contributed by atoms with Gasteiger partial charge in [-0.2, -0.15) is 13.2 Å². The number of hydrogen-bond acceptors (Lipinski definition) is 1. The second-order valence-corrected chi connectivity index (χ2v) is 3.32. The Morgan fingerprint density at radius 2 is 1.86 bits per heavy atom. The van der Waals surface area contributed by atoms with Crippen LogP contribution in [0, 0.1) is 5.92 Å². The zero-order valence-electron chi connectivity index (χ0n) is 7.14. The first-order valence-electron chi connectivity index (χ1n) is 4.19. The van der Waals surface area contributed by atoms with Crippen LogP contribution in [0.3, 0.4) is 0 Å². The van der Waals surface area contributed by atoms with Gasteiger partial charge in [0.1, 0.15) is 5.92 Å². The minimum atomic E-state index is -4.42. The number of fused-ring (bicyclic) bond motifs is 1. The standard InChI is InChI=1S/C10H7F3O/c11-10(12,13)8-5-6-3-1-2-4-7(6)9(8)14/h1-4,8H,5H2. The molecule has 1 aliphatic rings. The van der Waals surface area contributed by atoms with E-state index < -0.39 is 17.9 Å². The summed E-state index contributed by atoms with van der Waals surface area (Å²) in [7, 11) is 0. The summed E-state index contributed by atoms with van der Waals surface area (Å²) < 4.78 is 37.1. The average molecular weight is 200 g/mol. The van der Waals surface area contributed by atoms with Gasteiger partial charge in [0.15, 0.2) is 5.78 Å². The van der Waals surface area contributed by atoms with E-state index in [0.29, 0.717) is 5.56 Å². The Bertz CT molecular complexity index is 381. The monoisotopic (exact) mass is 200 g/mol. The molecule has 0 heterocycles. The van der Waals surface area contributed by atoms with Crippen LogP contribution in [0.2, 0.25) is 0 Å². The molecule has 0 N–H and O–H groups in total. The van der Waals surface area contributed by atoms with Crippen molar-refractivity contribution in [2.75, 3.05) is 0 Å². The van der Waals surface area contributed by atoms with Crippen LogP contribution >= 0.6 is 0 Å². The van der Waals surface area contributed by atoms with E-state index in [1.54, 1.807) is 18.2 Å². The summed E-state index contributed by atoms with van der Waals surface area (Å²) in [5, 5.41) is 0. The van der Waals surface area contributed by atoms with Crippen molar-refractivity contribution in [1.29, 1.82) is 0 Å². The van der Waals surface area contributed by atoms with Gasteiger partial charge in [-0.05, 0) is 12.0 Å². The second kappa shape index (κ2) is 2.83. The van der Waals surface area contributed by atoms with E-state index in [2.05, 4.69) is 0 Å². The molecule has 0 bridgehead atoms. The molecule has 1 atom stereocenters. The maximum absolute atomic E-state index is 12.4. The van der Waals surface area contributed by atoms with Gasteiger partial charge in [-0.25, -0.2) is 0 Å². The van der Waals surface area contributed by atoms with E-state index in [-0.39, 0.29) is 12.0 Å². The molecule has 0 fully saturated rings. The molecule has 14 heavy (non-hydrogen) atoms. The number of rotatable bonds is 0. The molecule has 1 aromatic rings. The lowest BCUT2D eigenvalue weighted by molar-refractivity contribution is -0.158. The minimum Gasteiger partial charge on any atom is -0.293 e. The van der Waals surface area contributed by atoms with Crippen molar-refractivity contribution in [3.63, 3.8) is 0 Å². The Kier molecular flexibility index (Phi) is 1.87. The predicted octanol–water partition coefficient (Wildman–Crippen LogP) is 2.60. The van der Waals surface area contributed by atoms with Gasteiger partial charge >= 0.3 is 6.18 Å². The first-order valence-corrected chi connectivity index (χ1v) is 4.19. The van der Waals surface area contributed by atoms with Gasteiger partial charge in [0.25, 0.3) is 0 Å². The van der Waals surface area contributed by atoms with Crippen LogP contribution in [-0.4, -0.2) is 12.0 Å². The topological polar surface area (TPSA) is 17.1 Å². The molecule has 0 aliphatic heterocycles. The number of ketones is 1. The smallest absolute Gasteiger partial charge is 0.293 e. The summed E-state index contributed by atoms with van der Waals surface area (Å²) in [5.74, 6) is -2.63. The predicted molar refractivity (Wildman–Crippen MR) is 44.0 cm³/mol. The zero-order valence-corrected chi connectivity index (χ0v) is 7.14. The van der Waals surface area contributed by atoms with Crippen LogP contribution in [-0.2, 0) is 6.42 Å². The Labute approximate surface area is 78.5 Å². The summed E-state index contributed by atoms with van der Waals surface area (Å²) in [5.41, 5.74) is 0.717. The molecule has 4 heteroatoms. The molecule has 1 aromatic carbocycles. The lowest BCUT2D eigenvalue weighted by atomic mass is 10.1. The number of alkyl halides is 3. The molecule has 0 saturated heterocycles. The molecule has 1 aliphatic carbocycles. The summed E-state index contributed by atoms with van der Waals surface area (Å²) in [6.07, 6.45) is -4.63. The third-order valence-corrected chi connectivity index (χ3v) is 2.42. The molecular formula is C10H7F3O. The highest BCUT2D eigenvalue weighted by molar-refractivity contribution is 6.02. The molecule has 0 amide bonds. The molecule has 0 aromatic heterocycles. The van der Waals surface area contributed by atoms with Crippen LogP contribution in [0.25, 0.3) is 0 Å². The molecule has 1 nitrogen and oxygen atoms in total. The van der Waals surface area contributed by atoms with Gasteiger partial charge in [0, 0.05) is 5.56 Å². The van der Waals surface area contributed by atoms with E-state index in [1.807, 2.05) is 0 Å². The normalized spacial score (nSPS) is 21.1. The fourth-order valence-electron chi connectivity index (χ4n) is 1.70. The maximum atomic E-state index is 12.4. The number of carbonyl (C=O) groups excluding carboxylic acids is 1. The van der Waals surface area contributed by atoms with Gasteiger partial charge in [-0.1, -0.05) is 24.3 Å². The highest BCUT2D eigenvalue weighted by Gasteiger charge is 2.48. The zero-order chi connectivity index (χ0) is 10.3. The van der Waals surface area contributed by atoms with Crippen molar-refractivity contribution in [3.8, 4) is 0 Å². The maximum Gasteiger partial charge on any atom is 0.399 e. The lowest BCUT2D eigenvalue weighted by Gasteiger charge is -2.11. The first-order chi connectivity index (χ1) is 6.50. The quantitative estimate of drug-likeness (QED) is 0.629. The van der Waals surface area contributed by atoms with Gasteiger partial charge < -0.3 is 0 Å². The fraction of sp³-hybridized carbons (Fsp3) is 0.300. The van der Waals surface area contributed by atoms with Crippen LogP contribution < -0.4 is 0 Å². The summed E-state index contributed by atoms with van der Waals surface area (Å²) in [6, 6.07) is 6.24. The SMILES string of the molecule is O=C1c2ccccc2CC1C(F)(F)F. The highest BCUT2D eigenvalue weighted by Crippen LogP contribution is 2.37. The number of benzene rings is 1. The van der Waals surface area contributed by atoms with Gasteiger partial charge in [-0.3, -0.25) is 4.79 Å². The minimum absolute atomic E-state index is 0.210. The molecule has 1 unspecified atom stereocenters. The number of Topliss-reactive ketones (excluding diaryl/α,β-unsaturated/α-hetero) is 1. The summed E-state index contributed by atoms with van der Waals surface area (Å²) in [4.78, 5) is 11.3. The molecule has 2 rings (SSSR count). The van der Waals surface area contributed by atoms with Gasteiger partial charge in [0.2, 0.25) is 0 Å². The van der Waals surface area contributed by atoms with Gasteiger partial charge in [-0.15, -0.1) is 0 Å². The van der Waals surface area contributed by atoms with Crippen molar-refractivity contribution < 1.29 is 18.0 Å². The number of carbonyl (C=O) groups is 1. The third-order valence-electron chi connectivity index (χ3n) is 2.42. The van der Waals surface area contributed by atoms with E-state index in [0.717, 1.165) is 0 Å². The second-order valence-electron chi connectivity index (χ2n) is 3.32. The first kappa shape index (κ1) is 9.24. The number of hydrogen-bond donors (Lipinski definition) is 0. The van der Waals surface area contributed by atoms with E-state index in [1.165, 1.54) is 6.07 Å². The van der Waals surface area contributed by atoms with Crippen molar-refractivity contribution in [3.05, 3.63) is 35.4 Å². The van der Waals surface area contributed by atoms with Crippen molar-refractivity contribution >= 4 is 5.78 Å². The van der Waals surface area contributed by atoms with E-state index >= 15 is 0 Å². The van der Waals surface area contributed by atoms with Crippen LogP contribution in [0.5, 0.6) is 0 Å². The summed E-state index contributed by atoms with van der Waals surface area (Å²) in [6.45, 7) is 0. The Morgan fingerprint density at radius 1 is 1.21 bits per heavy atom. The molecule has 74 valence electrons. The molecule has 0 saturated carbocycles. The Morgan fingerprint density at radius 3 is 2.43 bits per heavy atom.